The Hall–Kier alpha value is -2.24. The highest BCUT2D eigenvalue weighted by molar-refractivity contribution is 5.96. The summed E-state index contributed by atoms with van der Waals surface area (Å²) in [6.45, 7) is 2.88. The number of carbonyl (C=O) groups excluding carboxylic acids is 1. The molecule has 1 aliphatic rings. The Morgan fingerprint density at radius 2 is 1.93 bits per heavy atom. The van der Waals surface area contributed by atoms with E-state index in [4.69, 9.17) is 14.2 Å². The maximum absolute atomic E-state index is 12.4. The van der Waals surface area contributed by atoms with Crippen molar-refractivity contribution in [1.82, 2.24) is 0 Å². The van der Waals surface area contributed by atoms with Crippen LogP contribution in [0.5, 0.6) is 17.2 Å². The minimum absolute atomic E-state index is 0. The average Bonchev–Trinajstić information content (AvgIpc) is 3.11. The van der Waals surface area contributed by atoms with Gasteiger partial charge in [0, 0.05) is 12.0 Å². The number of nitrogens with two attached hydrogens (primary N) is 1. The van der Waals surface area contributed by atoms with Crippen LogP contribution in [0.25, 0.3) is 0 Å². The largest absolute Gasteiger partial charge is 1.00 e. The Morgan fingerprint density at radius 1 is 1.19 bits per heavy atom. The number of ketones is 1. The first kappa shape index (κ1) is 21.1. The van der Waals surface area contributed by atoms with Crippen molar-refractivity contribution >= 4 is 5.78 Å². The normalized spacial score (nSPS) is 15.9. The lowest BCUT2D eigenvalue weighted by molar-refractivity contribution is -0.690. The van der Waals surface area contributed by atoms with Gasteiger partial charge in [-0.25, -0.2) is 0 Å². The average molecular weight is 392 g/mol. The van der Waals surface area contributed by atoms with Crippen LogP contribution in [0, 0.1) is 0 Å². The van der Waals surface area contributed by atoms with E-state index in [-0.39, 0.29) is 24.3 Å². The molecule has 2 N–H and O–H groups in total. The zero-order valence-electron chi connectivity index (χ0n) is 15.9. The topological polar surface area (TPSA) is 61.4 Å². The molecule has 0 fully saturated rings. The number of methoxy groups -OCH3 is 2. The van der Waals surface area contributed by atoms with Crippen LogP contribution < -0.4 is 31.9 Å². The summed E-state index contributed by atoms with van der Waals surface area (Å²) in [6, 6.07) is 13.7. The van der Waals surface area contributed by atoms with Gasteiger partial charge in [-0.1, -0.05) is 18.2 Å². The van der Waals surface area contributed by atoms with E-state index in [0.717, 1.165) is 18.7 Å². The van der Waals surface area contributed by atoms with Gasteiger partial charge in [0.05, 0.1) is 27.2 Å². The van der Waals surface area contributed by atoms with E-state index in [0.29, 0.717) is 29.5 Å². The van der Waals surface area contributed by atoms with E-state index < -0.39 is 0 Å². The van der Waals surface area contributed by atoms with Crippen molar-refractivity contribution in [3.05, 3.63) is 53.6 Å². The molecule has 0 saturated carbocycles. The number of halogens is 1. The van der Waals surface area contributed by atoms with Crippen molar-refractivity contribution in [2.75, 3.05) is 20.8 Å². The molecule has 2 aromatic carbocycles. The molecule has 2 aromatic rings. The minimum atomic E-state index is 0. The van der Waals surface area contributed by atoms with E-state index in [9.17, 15) is 4.79 Å². The number of ether oxygens (including phenoxy) is 3. The van der Waals surface area contributed by atoms with Gasteiger partial charge in [0.2, 0.25) is 0 Å². The maximum Gasteiger partial charge on any atom is 0.168 e. The molecule has 1 aliphatic heterocycles. The van der Waals surface area contributed by atoms with Crippen molar-refractivity contribution in [3.63, 3.8) is 0 Å². The Morgan fingerprint density at radius 3 is 2.63 bits per heavy atom. The summed E-state index contributed by atoms with van der Waals surface area (Å²) in [6.07, 6.45) is 1.56. The summed E-state index contributed by atoms with van der Waals surface area (Å²) in [5.41, 5.74) is 1.91. The van der Waals surface area contributed by atoms with Crippen LogP contribution in [0.3, 0.4) is 0 Å². The van der Waals surface area contributed by atoms with Crippen molar-refractivity contribution in [1.29, 1.82) is 0 Å². The Bertz CT molecular complexity index is 756. The quantitative estimate of drug-likeness (QED) is 0.601. The number of para-hydroxylation sites is 1. The molecule has 0 amide bonds. The smallest absolute Gasteiger partial charge is 0.168 e. The van der Waals surface area contributed by atoms with Crippen LogP contribution in [0.15, 0.2) is 42.5 Å². The second-order valence-corrected chi connectivity index (χ2v) is 6.59. The molecular weight excluding hydrogens is 366 g/mol. The Kier molecular flexibility index (Phi) is 7.51. The van der Waals surface area contributed by atoms with Gasteiger partial charge in [0.1, 0.15) is 11.8 Å². The van der Waals surface area contributed by atoms with Gasteiger partial charge in [-0.05, 0) is 36.8 Å². The van der Waals surface area contributed by atoms with Gasteiger partial charge in [-0.3, -0.25) is 4.79 Å². The van der Waals surface area contributed by atoms with Gasteiger partial charge in [-0.2, -0.15) is 0 Å². The first-order valence-corrected chi connectivity index (χ1v) is 8.95. The van der Waals surface area contributed by atoms with Crippen LogP contribution in [0.2, 0.25) is 0 Å². The van der Waals surface area contributed by atoms with E-state index in [1.54, 1.807) is 32.4 Å². The predicted octanol–water partition coefficient (Wildman–Crippen LogP) is -0.764. The summed E-state index contributed by atoms with van der Waals surface area (Å²) >= 11 is 0. The summed E-state index contributed by atoms with van der Waals surface area (Å²) in [5, 5.41) is 2.19. The van der Waals surface area contributed by atoms with Crippen molar-refractivity contribution in [2.45, 2.75) is 31.9 Å². The number of Topliss-reactive ketones (excluding diaryl/α,β-unsaturated/α-hetero) is 1. The number of hydrogen-bond acceptors (Lipinski definition) is 4. The molecule has 3 rings (SSSR count). The second-order valence-electron chi connectivity index (χ2n) is 6.59. The monoisotopic (exact) mass is 391 g/mol. The van der Waals surface area contributed by atoms with E-state index in [2.05, 4.69) is 18.3 Å². The summed E-state index contributed by atoms with van der Waals surface area (Å²) in [5.74, 6) is 2.29. The molecule has 6 heteroatoms. The van der Waals surface area contributed by atoms with Crippen LogP contribution in [0.4, 0.5) is 0 Å². The van der Waals surface area contributed by atoms with E-state index >= 15 is 0 Å². The van der Waals surface area contributed by atoms with Gasteiger partial charge >= 0.3 is 0 Å². The third-order valence-corrected chi connectivity index (χ3v) is 4.87. The fourth-order valence-corrected chi connectivity index (χ4v) is 3.29. The molecule has 0 aromatic heterocycles. The third-order valence-electron chi connectivity index (χ3n) is 4.87. The lowest BCUT2D eigenvalue weighted by Crippen LogP contribution is -3.00. The van der Waals surface area contributed by atoms with Crippen LogP contribution in [-0.2, 0) is 6.42 Å². The molecule has 0 aliphatic carbocycles. The van der Waals surface area contributed by atoms with Crippen LogP contribution in [-0.4, -0.2) is 38.7 Å². The number of carbonyl (C=O) groups is 1. The molecule has 1 heterocycles. The lowest BCUT2D eigenvalue weighted by Gasteiger charge is -2.17. The number of fused-ring (bicyclic) bond motifs is 1. The molecule has 146 valence electrons. The minimum Gasteiger partial charge on any atom is -1.00 e. The molecule has 0 saturated heterocycles. The molecule has 27 heavy (non-hydrogen) atoms. The fraction of sp³-hybridized carbons (Fsp3) is 0.381. The van der Waals surface area contributed by atoms with Crippen molar-refractivity contribution in [2.24, 2.45) is 0 Å². The fourth-order valence-electron chi connectivity index (χ4n) is 3.29. The Labute approximate surface area is 166 Å². The first-order valence-electron chi connectivity index (χ1n) is 8.95. The van der Waals surface area contributed by atoms with Gasteiger partial charge in [0.15, 0.2) is 23.4 Å². The standard InChI is InChI=1S/C21H25NO4.ClH/c1-14(20-13-16-6-4-5-7-18(16)26-20)22-11-10-17(23)15-8-9-19(24-2)21(12-15)25-3;/h4-9,12,14,20,22H,10-11,13H2,1-3H3;1H. The molecule has 0 radical (unpaired) electrons. The highest BCUT2D eigenvalue weighted by atomic mass is 35.5. The van der Waals surface area contributed by atoms with Crippen LogP contribution in [0.1, 0.15) is 29.3 Å². The van der Waals surface area contributed by atoms with Crippen molar-refractivity contribution in [3.8, 4) is 17.2 Å². The highest BCUT2D eigenvalue weighted by Crippen LogP contribution is 2.29. The summed E-state index contributed by atoms with van der Waals surface area (Å²) in [4.78, 5) is 12.4. The molecule has 2 atom stereocenters. The molecule has 0 bridgehead atoms. The number of hydrogen-bond donors (Lipinski definition) is 1. The third kappa shape index (κ3) is 4.93. The summed E-state index contributed by atoms with van der Waals surface area (Å²) in [7, 11) is 3.15. The van der Waals surface area contributed by atoms with Crippen LogP contribution >= 0.6 is 0 Å². The zero-order valence-corrected chi connectivity index (χ0v) is 16.7. The van der Waals surface area contributed by atoms with Gasteiger partial charge in [-0.15, -0.1) is 0 Å². The SMILES string of the molecule is COc1ccc(C(=O)CC[NH2+]C(C)C2Cc3ccccc3O2)cc1OC.[Cl-]. The number of quaternary nitrogens is 1. The first-order chi connectivity index (χ1) is 12.6. The molecule has 5 nitrogen and oxygen atoms in total. The molecular formula is C21H26ClNO4. The van der Waals surface area contributed by atoms with Gasteiger partial charge in [0.25, 0.3) is 0 Å². The van der Waals surface area contributed by atoms with E-state index in [1.807, 2.05) is 18.2 Å². The van der Waals surface area contributed by atoms with Crippen molar-refractivity contribution < 1.29 is 36.7 Å². The lowest BCUT2D eigenvalue weighted by atomic mass is 10.0. The highest BCUT2D eigenvalue weighted by Gasteiger charge is 2.29. The number of rotatable bonds is 8. The Balaban J connectivity index is 0.00000261. The predicted molar refractivity (Wildman–Crippen MR) is 99.3 cm³/mol. The number of benzene rings is 2. The zero-order chi connectivity index (χ0) is 18.5. The second kappa shape index (κ2) is 9.62. The molecule has 0 spiro atoms. The maximum atomic E-state index is 12.4. The summed E-state index contributed by atoms with van der Waals surface area (Å²) < 4.78 is 16.5. The van der Waals surface area contributed by atoms with Gasteiger partial charge < -0.3 is 31.9 Å². The van der Waals surface area contributed by atoms with E-state index in [1.165, 1.54) is 5.56 Å². The molecule has 2 unspecified atom stereocenters.